The third kappa shape index (κ3) is 6.27. The van der Waals surface area contributed by atoms with Crippen LogP contribution in [0.3, 0.4) is 0 Å². The van der Waals surface area contributed by atoms with E-state index in [0.29, 0.717) is 17.7 Å². The Morgan fingerprint density at radius 1 is 1.12 bits per heavy atom. The van der Waals surface area contributed by atoms with Gasteiger partial charge in [-0.2, -0.15) is 4.51 Å². The molecule has 0 spiro atoms. The number of rotatable bonds is 8. The van der Waals surface area contributed by atoms with Crippen LogP contribution in [0.1, 0.15) is 109 Å². The third-order valence-corrected chi connectivity index (χ3v) is 7.14. The first-order valence-electron chi connectivity index (χ1n) is 12.2. The molecule has 1 fully saturated rings. The largest absolute Gasteiger partial charge is 0.507 e. The fourth-order valence-electron chi connectivity index (χ4n) is 4.67. The van der Waals surface area contributed by atoms with Crippen LogP contribution in [-0.4, -0.2) is 34.7 Å². The number of ketones is 1. The van der Waals surface area contributed by atoms with Crippen molar-refractivity contribution in [3.8, 4) is 5.75 Å². The molecule has 1 aromatic rings. The summed E-state index contributed by atoms with van der Waals surface area (Å²) in [4.78, 5) is 15.7. The Morgan fingerprint density at radius 2 is 1.66 bits per heavy atom. The second-order valence-corrected chi connectivity index (χ2v) is 11.6. The monoisotopic (exact) mass is 462 g/mol. The van der Waals surface area contributed by atoms with Gasteiger partial charge in [-0.1, -0.05) is 68.2 Å². The van der Waals surface area contributed by atoms with Gasteiger partial charge in [-0.3, -0.25) is 4.79 Å². The molecule has 4 nitrogen and oxygen atoms in total. The van der Waals surface area contributed by atoms with Crippen LogP contribution in [-0.2, 0) is 10.8 Å². The topological polar surface area (TPSA) is 52.9 Å². The van der Waals surface area contributed by atoms with E-state index in [0.717, 1.165) is 48.8 Å². The molecule has 180 valence electrons. The van der Waals surface area contributed by atoms with Crippen LogP contribution in [0.2, 0.25) is 0 Å². The highest BCUT2D eigenvalue weighted by Gasteiger charge is 2.33. The second-order valence-electron chi connectivity index (χ2n) is 11.4. The van der Waals surface area contributed by atoms with Gasteiger partial charge in [-0.05, 0) is 41.7 Å². The number of Topliss-reactive ketones (excluding diaryl/α,β-unsaturated/α-hetero) is 1. The Balaban J connectivity index is 2.25. The number of likely N-dealkylation sites (tertiary alicyclic amines) is 1. The number of benzene rings is 1. The molecule has 1 N–H and O–H groups in total. The lowest BCUT2D eigenvalue weighted by Gasteiger charge is -2.28. The first-order chi connectivity index (χ1) is 14.8. The van der Waals surface area contributed by atoms with Crippen molar-refractivity contribution in [1.82, 2.24) is 4.90 Å². The fraction of sp³-hybridized carbons (Fsp3) is 0.704. The fourth-order valence-corrected chi connectivity index (χ4v) is 4.92. The van der Waals surface area contributed by atoms with E-state index < -0.39 is 0 Å². The van der Waals surface area contributed by atoms with Crippen molar-refractivity contribution in [2.45, 2.75) is 98.3 Å². The standard InChI is InChI=1S/C27H43ClN2O2/c1-9-18(10-2)11-13-30-14-12-19(25(30)29-28)17-23(31)20-15-21(26(3,4)5)24(32)22(16-20)27(6,7)8/h15-16,18-19,32H,9-14,17H2,1-8H3. The molecule has 0 saturated carbocycles. The molecule has 0 aliphatic carbocycles. The van der Waals surface area contributed by atoms with Gasteiger partial charge < -0.3 is 10.0 Å². The predicted molar refractivity (Wildman–Crippen MR) is 136 cm³/mol. The summed E-state index contributed by atoms with van der Waals surface area (Å²) in [5, 5.41) is 11.0. The number of nitrogens with zero attached hydrogens (tertiary/aromatic N) is 2. The molecule has 0 aromatic heterocycles. The summed E-state index contributed by atoms with van der Waals surface area (Å²) in [6.07, 6.45) is 4.80. The Morgan fingerprint density at radius 3 is 2.09 bits per heavy atom. The quantitative estimate of drug-likeness (QED) is 0.413. The van der Waals surface area contributed by atoms with Gasteiger partial charge in [0.05, 0.1) is 0 Å². The Labute approximate surface area is 200 Å². The minimum Gasteiger partial charge on any atom is -0.507 e. The van der Waals surface area contributed by atoms with Crippen LogP contribution >= 0.6 is 11.8 Å². The lowest BCUT2D eigenvalue weighted by Crippen LogP contribution is -2.30. The number of phenolic OH excluding ortho intramolecular Hbond substituents is 1. The first kappa shape index (κ1) is 26.7. The number of aromatic hydroxyl groups is 1. The maximum absolute atomic E-state index is 13.4. The van der Waals surface area contributed by atoms with Crippen LogP contribution in [0.5, 0.6) is 5.75 Å². The van der Waals surface area contributed by atoms with Gasteiger partial charge in [0.15, 0.2) is 5.78 Å². The predicted octanol–water partition coefficient (Wildman–Crippen LogP) is 7.26. The number of halogens is 1. The summed E-state index contributed by atoms with van der Waals surface area (Å²) >= 11 is 6.00. The van der Waals surface area contributed by atoms with Crippen LogP contribution in [0.25, 0.3) is 0 Å². The van der Waals surface area contributed by atoms with Gasteiger partial charge >= 0.3 is 0 Å². The van der Waals surface area contributed by atoms with Crippen molar-refractivity contribution in [2.24, 2.45) is 16.3 Å². The Kier molecular flexibility index (Phi) is 8.83. The van der Waals surface area contributed by atoms with Gasteiger partial charge in [0.2, 0.25) is 0 Å². The van der Waals surface area contributed by atoms with Gasteiger partial charge in [0, 0.05) is 53.9 Å². The zero-order chi connectivity index (χ0) is 24.3. The molecule has 1 aromatic carbocycles. The molecule has 2 rings (SSSR count). The molecule has 0 amide bonds. The third-order valence-electron chi connectivity index (χ3n) is 6.96. The molecule has 32 heavy (non-hydrogen) atoms. The van der Waals surface area contributed by atoms with E-state index in [9.17, 15) is 9.90 Å². The van der Waals surface area contributed by atoms with E-state index >= 15 is 0 Å². The maximum atomic E-state index is 13.4. The highest BCUT2D eigenvalue weighted by atomic mass is 35.5. The van der Waals surface area contributed by atoms with Gasteiger partial charge in [-0.15, -0.1) is 0 Å². The summed E-state index contributed by atoms with van der Waals surface area (Å²) in [6, 6.07) is 3.76. The SMILES string of the molecule is CCC(CC)CCN1CCC(CC(=O)c2cc(C(C)(C)C)c(O)c(C(C)(C)C)c2)C1=NCl. The number of carbonyl (C=O) groups excluding carboxylic acids is 1. The average Bonchev–Trinajstić information content (AvgIpc) is 3.08. The first-order valence-corrected chi connectivity index (χ1v) is 12.5. The van der Waals surface area contributed by atoms with Crippen molar-refractivity contribution >= 4 is 23.4 Å². The lowest BCUT2D eigenvalue weighted by atomic mass is 9.77. The minimum atomic E-state index is -0.262. The summed E-state index contributed by atoms with van der Waals surface area (Å²) in [5.74, 6) is 2.02. The van der Waals surface area contributed by atoms with E-state index in [1.165, 1.54) is 12.8 Å². The highest BCUT2D eigenvalue weighted by molar-refractivity contribution is 6.20. The molecular weight excluding hydrogens is 420 g/mol. The number of phenols is 1. The molecule has 1 aliphatic heterocycles. The molecule has 5 heteroatoms. The number of hydrogen-bond donors (Lipinski definition) is 1. The van der Waals surface area contributed by atoms with Crippen molar-refractivity contribution in [1.29, 1.82) is 0 Å². The zero-order valence-electron chi connectivity index (χ0n) is 21.4. The lowest BCUT2D eigenvalue weighted by molar-refractivity contribution is 0.0972. The van der Waals surface area contributed by atoms with Gasteiger partial charge in [0.25, 0.3) is 0 Å². The molecular formula is C27H43ClN2O2. The van der Waals surface area contributed by atoms with Crippen molar-refractivity contribution in [3.63, 3.8) is 0 Å². The maximum Gasteiger partial charge on any atom is 0.163 e. The smallest absolute Gasteiger partial charge is 0.163 e. The Bertz CT molecular complexity index is 794. The Hall–Kier alpha value is -1.55. The number of hydrogen-bond acceptors (Lipinski definition) is 3. The van der Waals surface area contributed by atoms with Crippen LogP contribution in [0.4, 0.5) is 0 Å². The molecule has 1 saturated heterocycles. The molecule has 0 radical (unpaired) electrons. The van der Waals surface area contributed by atoms with E-state index in [1.54, 1.807) is 0 Å². The average molecular weight is 463 g/mol. The molecule has 0 bridgehead atoms. The molecule has 1 aliphatic rings. The van der Waals surface area contributed by atoms with E-state index in [2.05, 4.69) is 64.8 Å². The van der Waals surface area contributed by atoms with Gasteiger partial charge in [0.1, 0.15) is 11.6 Å². The van der Waals surface area contributed by atoms with Crippen LogP contribution < -0.4 is 0 Å². The molecule has 1 heterocycles. The van der Waals surface area contributed by atoms with Crippen LogP contribution in [0.15, 0.2) is 16.6 Å². The van der Waals surface area contributed by atoms with E-state index in [4.69, 9.17) is 11.8 Å². The summed E-state index contributed by atoms with van der Waals surface area (Å²) in [7, 11) is 0. The van der Waals surface area contributed by atoms with E-state index in [-0.39, 0.29) is 22.5 Å². The van der Waals surface area contributed by atoms with Crippen LogP contribution in [0, 0.1) is 11.8 Å². The zero-order valence-corrected chi connectivity index (χ0v) is 22.1. The van der Waals surface area contributed by atoms with Crippen molar-refractivity contribution < 1.29 is 9.90 Å². The summed E-state index contributed by atoms with van der Waals surface area (Å²) in [6.45, 7) is 18.7. The van der Waals surface area contributed by atoms with E-state index in [1.807, 2.05) is 12.1 Å². The van der Waals surface area contributed by atoms with Gasteiger partial charge in [-0.25, -0.2) is 0 Å². The van der Waals surface area contributed by atoms with Crippen molar-refractivity contribution in [2.75, 3.05) is 13.1 Å². The summed E-state index contributed by atoms with van der Waals surface area (Å²) < 4.78 is 4.08. The second kappa shape index (κ2) is 10.6. The summed E-state index contributed by atoms with van der Waals surface area (Å²) in [5.41, 5.74) is 1.78. The molecule has 1 unspecified atom stereocenters. The number of amidine groups is 1. The minimum absolute atomic E-state index is 0.0479. The highest BCUT2D eigenvalue weighted by Crippen LogP contribution is 2.40. The molecule has 1 atom stereocenters. The number of carbonyl (C=O) groups is 1. The van der Waals surface area contributed by atoms with Crippen molar-refractivity contribution in [3.05, 3.63) is 28.8 Å². The normalized spacial score (nSPS) is 18.8.